The van der Waals surface area contributed by atoms with Gasteiger partial charge >= 0.3 is 0 Å². The Kier molecular flexibility index (Phi) is 3.43. The third-order valence-electron chi connectivity index (χ3n) is 2.21. The molecule has 1 amide bonds. The van der Waals surface area contributed by atoms with Crippen molar-refractivity contribution >= 4 is 22.9 Å². The van der Waals surface area contributed by atoms with Gasteiger partial charge in [-0.2, -0.15) is 5.10 Å². The van der Waals surface area contributed by atoms with E-state index in [1.165, 1.54) is 15.8 Å². The molecule has 0 spiro atoms. The first-order valence-electron chi connectivity index (χ1n) is 5.23. The molecule has 17 heavy (non-hydrogen) atoms. The number of hydrogen-bond donors (Lipinski definition) is 2. The lowest BCUT2D eigenvalue weighted by molar-refractivity contribution is -0.122. The largest absolute Gasteiger partial charge is 0.396 e. The lowest BCUT2D eigenvalue weighted by Gasteiger charge is -2.03. The Morgan fingerprint density at radius 1 is 1.59 bits per heavy atom. The van der Waals surface area contributed by atoms with Crippen molar-refractivity contribution < 1.29 is 4.79 Å². The van der Waals surface area contributed by atoms with Crippen molar-refractivity contribution in [3.05, 3.63) is 34.3 Å². The molecule has 0 bridgehead atoms. The summed E-state index contributed by atoms with van der Waals surface area (Å²) in [6, 6.07) is 4.06. The van der Waals surface area contributed by atoms with Gasteiger partial charge in [0.05, 0.1) is 18.4 Å². The molecule has 0 fully saturated rings. The van der Waals surface area contributed by atoms with Crippen LogP contribution in [-0.4, -0.2) is 15.7 Å². The van der Waals surface area contributed by atoms with Crippen LogP contribution < -0.4 is 11.1 Å². The van der Waals surface area contributed by atoms with Crippen molar-refractivity contribution in [2.24, 2.45) is 0 Å². The van der Waals surface area contributed by atoms with Gasteiger partial charge in [0.15, 0.2) is 0 Å². The number of anilines is 1. The SMILES string of the molecule is Cc1ccc(CNC(=O)Cn2cc(N)cn2)s1. The van der Waals surface area contributed by atoms with E-state index >= 15 is 0 Å². The normalized spacial score (nSPS) is 10.4. The number of thiophene rings is 1. The van der Waals surface area contributed by atoms with Gasteiger partial charge in [0.1, 0.15) is 6.54 Å². The molecule has 0 atom stereocenters. The number of rotatable bonds is 4. The number of nitrogens with two attached hydrogens (primary N) is 1. The van der Waals surface area contributed by atoms with Gasteiger partial charge in [0.25, 0.3) is 0 Å². The van der Waals surface area contributed by atoms with Gasteiger partial charge in [0.2, 0.25) is 5.91 Å². The number of nitrogens with zero attached hydrogens (tertiary/aromatic N) is 2. The predicted octanol–water partition coefficient (Wildman–Crippen LogP) is 1.15. The van der Waals surface area contributed by atoms with Gasteiger partial charge in [-0.3, -0.25) is 9.48 Å². The van der Waals surface area contributed by atoms with E-state index in [2.05, 4.69) is 10.4 Å². The molecule has 0 aliphatic heterocycles. The quantitative estimate of drug-likeness (QED) is 0.855. The van der Waals surface area contributed by atoms with Crippen LogP contribution in [-0.2, 0) is 17.9 Å². The number of hydrogen-bond acceptors (Lipinski definition) is 4. The maximum atomic E-state index is 11.6. The predicted molar refractivity (Wildman–Crippen MR) is 67.5 cm³/mol. The van der Waals surface area contributed by atoms with Crippen LogP contribution in [0.25, 0.3) is 0 Å². The Balaban J connectivity index is 1.82. The highest BCUT2D eigenvalue weighted by molar-refractivity contribution is 7.11. The Morgan fingerprint density at radius 3 is 3.00 bits per heavy atom. The monoisotopic (exact) mass is 250 g/mol. The number of aromatic nitrogens is 2. The van der Waals surface area contributed by atoms with Crippen molar-refractivity contribution in [3.63, 3.8) is 0 Å². The topological polar surface area (TPSA) is 72.9 Å². The van der Waals surface area contributed by atoms with Crippen LogP contribution in [0.1, 0.15) is 9.75 Å². The number of nitrogen functional groups attached to an aromatic ring is 1. The molecule has 0 saturated carbocycles. The van der Waals surface area contributed by atoms with Crippen LogP contribution in [0.3, 0.4) is 0 Å². The highest BCUT2D eigenvalue weighted by Gasteiger charge is 2.04. The summed E-state index contributed by atoms with van der Waals surface area (Å²) < 4.78 is 1.52. The number of carbonyl (C=O) groups excluding carboxylic acids is 1. The maximum Gasteiger partial charge on any atom is 0.242 e. The van der Waals surface area contributed by atoms with Crippen LogP contribution in [0.15, 0.2) is 24.5 Å². The Hall–Kier alpha value is -1.82. The number of amides is 1. The molecule has 5 nitrogen and oxygen atoms in total. The fraction of sp³-hybridized carbons (Fsp3) is 0.273. The van der Waals surface area contributed by atoms with Crippen molar-refractivity contribution in [2.75, 3.05) is 5.73 Å². The molecular weight excluding hydrogens is 236 g/mol. The minimum Gasteiger partial charge on any atom is -0.396 e. The van der Waals surface area contributed by atoms with Crippen LogP contribution >= 0.6 is 11.3 Å². The molecular formula is C11H14N4OS. The highest BCUT2D eigenvalue weighted by atomic mass is 32.1. The molecule has 0 aliphatic rings. The third kappa shape index (κ3) is 3.32. The van der Waals surface area contributed by atoms with Crippen molar-refractivity contribution in [3.8, 4) is 0 Å². The lowest BCUT2D eigenvalue weighted by Crippen LogP contribution is -2.26. The van der Waals surface area contributed by atoms with Crippen molar-refractivity contribution in [1.82, 2.24) is 15.1 Å². The molecule has 2 aromatic rings. The Morgan fingerprint density at radius 2 is 2.41 bits per heavy atom. The number of nitrogens with one attached hydrogen (secondary N) is 1. The molecule has 90 valence electrons. The maximum absolute atomic E-state index is 11.6. The molecule has 2 heterocycles. The molecule has 0 saturated heterocycles. The van der Waals surface area contributed by atoms with E-state index in [1.54, 1.807) is 17.5 Å². The summed E-state index contributed by atoms with van der Waals surface area (Å²) in [4.78, 5) is 14.0. The molecule has 3 N–H and O–H groups in total. The van der Waals surface area contributed by atoms with E-state index in [4.69, 9.17) is 5.73 Å². The summed E-state index contributed by atoms with van der Waals surface area (Å²) in [6.07, 6.45) is 3.16. The van der Waals surface area contributed by atoms with Gasteiger partial charge in [-0.05, 0) is 19.1 Å². The van der Waals surface area contributed by atoms with E-state index < -0.39 is 0 Å². The Bertz CT molecular complexity index is 517. The van der Waals surface area contributed by atoms with Gasteiger partial charge in [-0.15, -0.1) is 11.3 Å². The highest BCUT2D eigenvalue weighted by Crippen LogP contribution is 2.14. The first-order valence-corrected chi connectivity index (χ1v) is 6.05. The number of aryl methyl sites for hydroxylation is 1. The molecule has 2 aromatic heterocycles. The van der Waals surface area contributed by atoms with Crippen molar-refractivity contribution in [1.29, 1.82) is 0 Å². The number of carbonyl (C=O) groups is 1. The van der Waals surface area contributed by atoms with Crippen LogP contribution in [0.2, 0.25) is 0 Å². The zero-order valence-electron chi connectivity index (χ0n) is 9.51. The Labute approximate surface area is 103 Å². The fourth-order valence-corrected chi connectivity index (χ4v) is 2.26. The van der Waals surface area contributed by atoms with E-state index in [9.17, 15) is 4.79 Å². The van der Waals surface area contributed by atoms with Crippen LogP contribution in [0.4, 0.5) is 5.69 Å². The van der Waals surface area contributed by atoms with Gasteiger partial charge < -0.3 is 11.1 Å². The van der Waals surface area contributed by atoms with Crippen LogP contribution in [0, 0.1) is 6.92 Å². The molecule has 0 aliphatic carbocycles. The average Bonchev–Trinajstić information content (AvgIpc) is 2.85. The standard InChI is InChI=1S/C11H14N4OS/c1-8-2-3-10(17-8)5-13-11(16)7-15-6-9(12)4-14-15/h2-4,6H,5,7,12H2,1H3,(H,13,16). The molecule has 6 heteroatoms. The smallest absolute Gasteiger partial charge is 0.242 e. The van der Waals surface area contributed by atoms with Crippen LogP contribution in [0.5, 0.6) is 0 Å². The van der Waals surface area contributed by atoms with Gasteiger partial charge in [-0.25, -0.2) is 0 Å². The second kappa shape index (κ2) is 5.01. The summed E-state index contributed by atoms with van der Waals surface area (Å²) >= 11 is 1.68. The summed E-state index contributed by atoms with van der Waals surface area (Å²) in [7, 11) is 0. The molecule has 0 unspecified atom stereocenters. The fourth-order valence-electron chi connectivity index (χ4n) is 1.43. The summed E-state index contributed by atoms with van der Waals surface area (Å²) in [5, 5.41) is 6.79. The van der Waals surface area contributed by atoms with E-state index in [0.717, 1.165) is 4.88 Å². The molecule has 2 rings (SSSR count). The summed E-state index contributed by atoms with van der Waals surface area (Å²) in [5.41, 5.74) is 6.07. The minimum absolute atomic E-state index is 0.0702. The lowest BCUT2D eigenvalue weighted by atomic mass is 10.4. The first kappa shape index (κ1) is 11.7. The third-order valence-corrected chi connectivity index (χ3v) is 3.22. The van der Waals surface area contributed by atoms with Gasteiger partial charge in [-0.1, -0.05) is 0 Å². The first-order chi connectivity index (χ1) is 8.13. The zero-order chi connectivity index (χ0) is 12.3. The second-order valence-corrected chi connectivity index (χ2v) is 5.13. The minimum atomic E-state index is -0.0702. The molecule has 0 radical (unpaired) electrons. The van der Waals surface area contributed by atoms with E-state index in [0.29, 0.717) is 12.2 Å². The van der Waals surface area contributed by atoms with E-state index in [-0.39, 0.29) is 12.5 Å². The summed E-state index contributed by atoms with van der Waals surface area (Å²) in [5.74, 6) is -0.0702. The molecule has 0 aromatic carbocycles. The second-order valence-electron chi connectivity index (χ2n) is 3.76. The van der Waals surface area contributed by atoms with E-state index in [1.807, 2.05) is 19.1 Å². The zero-order valence-corrected chi connectivity index (χ0v) is 10.3. The average molecular weight is 250 g/mol. The van der Waals surface area contributed by atoms with Crippen molar-refractivity contribution in [2.45, 2.75) is 20.0 Å². The summed E-state index contributed by atoms with van der Waals surface area (Å²) in [6.45, 7) is 2.80. The van der Waals surface area contributed by atoms with Gasteiger partial charge in [0, 0.05) is 16.0 Å².